The quantitative estimate of drug-likeness (QED) is 0.0454. The fraction of sp³-hybridized carbons (Fsp3) is 0.164. The highest BCUT2D eigenvalue weighted by Crippen LogP contribution is 2.51. The van der Waals surface area contributed by atoms with Gasteiger partial charge < -0.3 is 20.9 Å². The first-order valence-corrected chi connectivity index (χ1v) is 27.0. The van der Waals surface area contributed by atoms with Crippen LogP contribution in [0.2, 0.25) is 0 Å². The summed E-state index contributed by atoms with van der Waals surface area (Å²) < 4.78 is 180. The molecule has 0 saturated carbocycles. The number of benzene rings is 8. The molecule has 8 aromatic rings. The number of ether oxygens (including phenoxy) is 2. The van der Waals surface area contributed by atoms with Crippen LogP contribution in [0, 0.1) is 20.8 Å². The molecule has 93 heavy (non-hydrogen) atoms. The van der Waals surface area contributed by atoms with Gasteiger partial charge in [0.25, 0.3) is 29.6 Å². The van der Waals surface area contributed by atoms with E-state index in [9.17, 15) is 82.3 Å². The number of carbonyl (C=O) groups excluding carboxylic acids is 8. The summed E-state index contributed by atoms with van der Waals surface area (Å²) in [4.78, 5) is 98.3. The molecule has 0 aromatic heterocycles. The minimum absolute atomic E-state index is 0. The summed E-state index contributed by atoms with van der Waals surface area (Å²) in [5.41, 5.74) is 7.35. The van der Waals surface area contributed by atoms with Crippen LogP contribution in [0.15, 0.2) is 146 Å². The van der Waals surface area contributed by atoms with Crippen molar-refractivity contribution in [3.05, 3.63) is 240 Å². The number of aryl methyl sites for hydroxylation is 3. The molecule has 0 atom stereocenters. The highest BCUT2D eigenvalue weighted by atomic mass is 19.4. The lowest BCUT2D eigenvalue weighted by Crippen LogP contribution is -2.36. The summed E-state index contributed by atoms with van der Waals surface area (Å²) in [6.45, 7) is 5.23. The summed E-state index contributed by atoms with van der Waals surface area (Å²) in [5.74, 6) is -20.9. The van der Waals surface area contributed by atoms with Crippen molar-refractivity contribution in [1.82, 2.24) is 4.90 Å². The average Bonchev–Trinajstić information content (AvgIpc) is 1.68. The number of cyclic esters (lactones) is 4. The van der Waals surface area contributed by atoms with Crippen molar-refractivity contribution in [2.24, 2.45) is 0 Å². The van der Waals surface area contributed by atoms with Crippen LogP contribution in [0.4, 0.5) is 69.7 Å². The Morgan fingerprint density at radius 1 is 0.376 bits per heavy atom. The molecule has 4 aliphatic heterocycles. The van der Waals surface area contributed by atoms with Crippen molar-refractivity contribution in [3.8, 4) is 22.3 Å². The zero-order valence-electron chi connectivity index (χ0n) is 47.7. The molecular weight excluding hydrogens is 1250 g/mol. The first-order chi connectivity index (χ1) is 42.9. The number of alkyl halides is 12. The first-order valence-electron chi connectivity index (χ1n) is 27.0. The summed E-state index contributed by atoms with van der Waals surface area (Å²) in [5, 5.41) is 0. The van der Waals surface area contributed by atoms with E-state index in [1.165, 1.54) is 43.4 Å². The number of halogens is 12. The van der Waals surface area contributed by atoms with Gasteiger partial charge in [-0.25, -0.2) is 32.9 Å². The molecule has 14 nitrogen and oxygen atoms in total. The van der Waals surface area contributed by atoms with Gasteiger partial charge in [-0.2, -0.15) is 43.9 Å². The standard InChI is InChI=1S/C34H23F5N2O4.C18H6F4O6.C14H13F3N2.CH4/c1-17-4-8-22(18(2)12-17)23-11-7-21(15-28(23)34(37,38)39)41-31(44)25-9-5-19(13-26(25)32(41)45)16-33(35,36)20-6-10-24-27(14-20)30(43)40(3)29(24)42;19-17(20,7-1-3-9-11(5-7)15(25)27-13(9)23)18(21,22)8-2-4-10-12(6-8)16(26)28-14(10)24;1-8-6-9(18)2-4-11(8)12-5-3-10(19)7-13(12)14(15,16)17;/h4-15H,16H2,1-3H3;1-6H;2-7H,18-19H2,1H3;1H4. The zero-order chi connectivity index (χ0) is 67.2. The molecule has 4 heterocycles. The number of nitrogens with two attached hydrogens (primary N) is 2. The highest BCUT2D eigenvalue weighted by molar-refractivity contribution is 6.34. The predicted molar refractivity (Wildman–Crippen MR) is 312 cm³/mol. The van der Waals surface area contributed by atoms with E-state index in [1.54, 1.807) is 50.2 Å². The number of hydrogen-bond donors (Lipinski definition) is 2. The van der Waals surface area contributed by atoms with Gasteiger partial charge in [0, 0.05) is 41.5 Å². The van der Waals surface area contributed by atoms with E-state index < -0.39 is 123 Å². The number of nitrogens with zero attached hydrogens (tertiary/aromatic N) is 2. The lowest BCUT2D eigenvalue weighted by Gasteiger charge is -2.27. The SMILES string of the molecule is C.Cc1cc(N)ccc1-c1ccc(N)cc1C(F)(F)F.Cc1ccc(-c2ccc(N3C(=O)c4ccc(CC(F)(F)c5ccc6c(c5)C(=O)N(C)C6=O)cc4C3=O)cc2C(F)(F)F)c(C)c1.O=C1OC(=O)c2cc(C(F)(F)C(F)(F)c3ccc4c(c3)C(=O)OC4=O)ccc21. The van der Waals surface area contributed by atoms with Gasteiger partial charge in [-0.15, -0.1) is 0 Å². The third-order valence-electron chi connectivity index (χ3n) is 15.4. The van der Waals surface area contributed by atoms with Crippen molar-refractivity contribution >= 4 is 64.6 Å². The number of rotatable bonds is 9. The van der Waals surface area contributed by atoms with Gasteiger partial charge in [0.2, 0.25) is 0 Å². The molecule has 0 aliphatic carbocycles. The van der Waals surface area contributed by atoms with E-state index in [2.05, 4.69) is 9.47 Å². The van der Waals surface area contributed by atoms with Crippen molar-refractivity contribution in [2.75, 3.05) is 23.4 Å². The molecule has 26 heteroatoms. The average molecular weight is 1300 g/mol. The van der Waals surface area contributed by atoms with Gasteiger partial charge in [0.1, 0.15) is 0 Å². The number of hydrogen-bond acceptors (Lipinski definition) is 12. The van der Waals surface area contributed by atoms with Gasteiger partial charge in [0.05, 0.1) is 61.3 Å². The maximum atomic E-state index is 15.4. The third kappa shape index (κ3) is 12.1. The molecule has 4 aliphatic rings. The number of fused-ring (bicyclic) bond motifs is 4. The number of amides is 4. The lowest BCUT2D eigenvalue weighted by molar-refractivity contribution is -0.223. The van der Waals surface area contributed by atoms with E-state index in [1.807, 2.05) is 6.92 Å². The summed E-state index contributed by atoms with van der Waals surface area (Å²) in [6.07, 6.45) is -10.2. The second kappa shape index (κ2) is 23.7. The van der Waals surface area contributed by atoms with Crippen LogP contribution in [0.1, 0.15) is 140 Å². The maximum absolute atomic E-state index is 15.4. The van der Waals surface area contributed by atoms with Gasteiger partial charge in [0.15, 0.2) is 0 Å². The Morgan fingerprint density at radius 2 is 0.763 bits per heavy atom. The largest absolute Gasteiger partial charge is 0.417 e. The summed E-state index contributed by atoms with van der Waals surface area (Å²) in [6, 6.07) is 27.2. The van der Waals surface area contributed by atoms with Crippen molar-refractivity contribution < 1.29 is 101 Å². The minimum atomic E-state index is -4.82. The van der Waals surface area contributed by atoms with Crippen LogP contribution < -0.4 is 16.4 Å². The predicted octanol–water partition coefficient (Wildman–Crippen LogP) is 15.0. The van der Waals surface area contributed by atoms with E-state index in [4.69, 9.17) is 11.5 Å². The Balaban J connectivity index is 0.000000181. The van der Waals surface area contributed by atoms with Crippen LogP contribution in [0.25, 0.3) is 22.3 Å². The third-order valence-corrected chi connectivity index (χ3v) is 15.4. The summed E-state index contributed by atoms with van der Waals surface area (Å²) in [7, 11) is 1.25. The molecule has 0 bridgehead atoms. The Bertz CT molecular complexity index is 4470. The topological polar surface area (TPSA) is 214 Å². The Kier molecular flexibility index (Phi) is 17.0. The fourth-order valence-corrected chi connectivity index (χ4v) is 10.8. The molecule has 4 N–H and O–H groups in total. The van der Waals surface area contributed by atoms with Gasteiger partial charge in [-0.05, 0) is 145 Å². The minimum Gasteiger partial charge on any atom is -0.399 e. The molecule has 0 radical (unpaired) electrons. The molecule has 12 rings (SSSR count). The van der Waals surface area contributed by atoms with Gasteiger partial charge >= 0.3 is 48.1 Å². The van der Waals surface area contributed by atoms with Gasteiger partial charge in [-0.1, -0.05) is 73.7 Å². The second-order valence-electron chi connectivity index (χ2n) is 21.6. The van der Waals surface area contributed by atoms with Crippen LogP contribution in [0.5, 0.6) is 0 Å². The lowest BCUT2D eigenvalue weighted by atomic mass is 9.92. The fourth-order valence-electron chi connectivity index (χ4n) is 10.8. The monoisotopic (exact) mass is 1290 g/mol. The van der Waals surface area contributed by atoms with Crippen molar-refractivity contribution in [3.63, 3.8) is 0 Å². The number of esters is 4. The Labute approximate surface area is 518 Å². The van der Waals surface area contributed by atoms with Crippen LogP contribution in [-0.2, 0) is 46.0 Å². The molecule has 0 unspecified atom stereocenters. The highest BCUT2D eigenvalue weighted by Gasteiger charge is 2.59. The van der Waals surface area contributed by atoms with Crippen LogP contribution >= 0.6 is 0 Å². The maximum Gasteiger partial charge on any atom is 0.417 e. The van der Waals surface area contributed by atoms with Crippen LogP contribution in [0.3, 0.4) is 0 Å². The van der Waals surface area contributed by atoms with E-state index >= 15 is 8.78 Å². The number of imide groups is 2. The molecule has 0 saturated heterocycles. The van der Waals surface area contributed by atoms with E-state index in [0.717, 1.165) is 59.0 Å². The second-order valence-corrected chi connectivity index (χ2v) is 21.6. The Morgan fingerprint density at radius 3 is 1.29 bits per heavy atom. The van der Waals surface area contributed by atoms with Crippen molar-refractivity contribution in [2.45, 2.75) is 64.7 Å². The molecular formula is C67H46F12N4O10. The van der Waals surface area contributed by atoms with E-state index in [-0.39, 0.29) is 68.9 Å². The Hall–Kier alpha value is -10.9. The summed E-state index contributed by atoms with van der Waals surface area (Å²) >= 11 is 0. The first kappa shape index (κ1) is 66.5. The van der Waals surface area contributed by atoms with Crippen molar-refractivity contribution in [1.29, 1.82) is 0 Å². The number of nitrogen functional groups attached to an aromatic ring is 2. The number of carbonyl (C=O) groups is 8. The normalized spacial score (nSPS) is 14.4. The van der Waals surface area contributed by atoms with Crippen LogP contribution in [-0.4, -0.2) is 59.5 Å². The number of anilines is 3. The zero-order valence-corrected chi connectivity index (χ0v) is 47.7. The van der Waals surface area contributed by atoms with Gasteiger partial charge in [-0.3, -0.25) is 24.1 Å². The molecule has 8 aromatic carbocycles. The molecule has 4 amide bonds. The molecule has 478 valence electrons. The smallest absolute Gasteiger partial charge is 0.399 e. The van der Waals surface area contributed by atoms with E-state index in [0.29, 0.717) is 57.1 Å². The molecule has 0 spiro atoms. The molecule has 0 fully saturated rings.